The van der Waals surface area contributed by atoms with E-state index in [1.54, 1.807) is 11.1 Å². The minimum atomic E-state index is 0.208. The quantitative estimate of drug-likeness (QED) is 0.0884. The first-order valence-electron chi connectivity index (χ1n) is 20.1. The number of fused-ring (bicyclic) bond motifs is 3. The SMILES string of the molecule is CCC(C)(CC)c1ccc(-c2c3ccccc3c(-c3ccc(Nc4cccc(CCCCCCc5ccc6c(c5)CC6)c4)cc3)c3ccccc23)cc1. The first-order valence-corrected chi connectivity index (χ1v) is 20.1. The second kappa shape index (κ2) is 15.5. The van der Waals surface area contributed by atoms with Crippen molar-refractivity contribution in [2.45, 2.75) is 90.4 Å². The van der Waals surface area contributed by atoms with Gasteiger partial charge < -0.3 is 5.32 Å². The van der Waals surface area contributed by atoms with E-state index in [2.05, 4.69) is 166 Å². The number of nitrogens with one attached hydrogen (secondary N) is 1. The Morgan fingerprint density at radius 2 is 1.00 bits per heavy atom. The monoisotopic (exact) mass is 691 g/mol. The van der Waals surface area contributed by atoms with Crippen LogP contribution in [0.3, 0.4) is 0 Å². The third-order valence-electron chi connectivity index (χ3n) is 12.4. The van der Waals surface area contributed by atoms with Crippen LogP contribution in [0.1, 0.15) is 87.1 Å². The lowest BCUT2D eigenvalue weighted by atomic mass is 9.77. The van der Waals surface area contributed by atoms with Crippen molar-refractivity contribution in [2.75, 3.05) is 5.32 Å². The Hall–Kier alpha value is -5.14. The summed E-state index contributed by atoms with van der Waals surface area (Å²) in [5.41, 5.74) is 15.1. The first kappa shape index (κ1) is 34.9. The van der Waals surface area contributed by atoms with Crippen LogP contribution >= 0.6 is 0 Å². The Labute approximate surface area is 317 Å². The highest BCUT2D eigenvalue weighted by Gasteiger charge is 2.23. The number of benzene rings is 7. The van der Waals surface area contributed by atoms with Crippen LogP contribution in [0.5, 0.6) is 0 Å². The highest BCUT2D eigenvalue weighted by molar-refractivity contribution is 6.21. The summed E-state index contributed by atoms with van der Waals surface area (Å²) in [7, 11) is 0. The lowest BCUT2D eigenvalue weighted by Gasteiger charge is -2.27. The van der Waals surface area contributed by atoms with Crippen molar-refractivity contribution >= 4 is 32.9 Å². The summed E-state index contributed by atoms with van der Waals surface area (Å²) in [5, 5.41) is 8.87. The van der Waals surface area contributed by atoms with Crippen molar-refractivity contribution in [3.63, 3.8) is 0 Å². The highest BCUT2D eigenvalue weighted by atomic mass is 14.9. The second-order valence-corrected chi connectivity index (χ2v) is 15.6. The van der Waals surface area contributed by atoms with Gasteiger partial charge in [-0.25, -0.2) is 0 Å². The largest absolute Gasteiger partial charge is 0.356 e. The molecule has 0 saturated heterocycles. The molecule has 0 aromatic heterocycles. The van der Waals surface area contributed by atoms with Gasteiger partial charge in [-0.3, -0.25) is 0 Å². The van der Waals surface area contributed by atoms with Gasteiger partial charge in [-0.15, -0.1) is 0 Å². The summed E-state index contributed by atoms with van der Waals surface area (Å²) in [4.78, 5) is 0. The Kier molecular flexibility index (Phi) is 10.2. The molecule has 7 aromatic carbocycles. The van der Waals surface area contributed by atoms with Crippen LogP contribution in [0.2, 0.25) is 0 Å². The fraction of sp³-hybridized carbons (Fsp3) is 0.269. The van der Waals surface area contributed by atoms with Crippen LogP contribution < -0.4 is 5.32 Å². The zero-order chi connectivity index (χ0) is 36.2. The normalized spacial score (nSPS) is 12.5. The van der Waals surface area contributed by atoms with Crippen LogP contribution in [0.25, 0.3) is 43.8 Å². The van der Waals surface area contributed by atoms with Gasteiger partial charge in [0.1, 0.15) is 0 Å². The highest BCUT2D eigenvalue weighted by Crippen LogP contribution is 2.44. The summed E-state index contributed by atoms with van der Waals surface area (Å²) < 4.78 is 0. The Balaban J connectivity index is 0.975. The van der Waals surface area contributed by atoms with E-state index >= 15 is 0 Å². The number of unbranched alkanes of at least 4 members (excludes halogenated alkanes) is 3. The molecule has 0 aliphatic heterocycles. The smallest absolute Gasteiger partial charge is 0.0386 e. The van der Waals surface area contributed by atoms with Crippen LogP contribution in [0, 0.1) is 0 Å². The maximum atomic E-state index is 3.69. The van der Waals surface area contributed by atoms with Gasteiger partial charge in [-0.1, -0.05) is 149 Å². The zero-order valence-electron chi connectivity index (χ0n) is 31.9. The summed E-state index contributed by atoms with van der Waals surface area (Å²) in [6, 6.07) is 52.5. The van der Waals surface area contributed by atoms with Gasteiger partial charge in [0.2, 0.25) is 0 Å². The lowest BCUT2D eigenvalue weighted by Crippen LogP contribution is -2.19. The fourth-order valence-electron chi connectivity index (χ4n) is 8.56. The van der Waals surface area contributed by atoms with E-state index in [1.807, 2.05) is 0 Å². The summed E-state index contributed by atoms with van der Waals surface area (Å²) >= 11 is 0. The Bertz CT molecular complexity index is 2280. The number of rotatable bonds is 14. The summed E-state index contributed by atoms with van der Waals surface area (Å²) in [6.07, 6.45) is 12.3. The molecule has 8 rings (SSSR count). The van der Waals surface area contributed by atoms with Crippen LogP contribution in [0.4, 0.5) is 11.4 Å². The molecule has 1 N–H and O–H groups in total. The molecule has 1 aliphatic rings. The minimum absolute atomic E-state index is 0.208. The van der Waals surface area contributed by atoms with Crippen molar-refractivity contribution in [3.05, 3.63) is 167 Å². The third-order valence-corrected chi connectivity index (χ3v) is 12.4. The van der Waals surface area contributed by atoms with E-state index in [4.69, 9.17) is 0 Å². The molecule has 0 heterocycles. The Morgan fingerprint density at radius 1 is 0.472 bits per heavy atom. The van der Waals surface area contributed by atoms with Crippen LogP contribution in [-0.4, -0.2) is 0 Å². The average molecular weight is 692 g/mol. The molecule has 0 saturated carbocycles. The fourth-order valence-corrected chi connectivity index (χ4v) is 8.56. The Morgan fingerprint density at radius 3 is 1.51 bits per heavy atom. The first-order chi connectivity index (χ1) is 26.0. The second-order valence-electron chi connectivity index (χ2n) is 15.6. The van der Waals surface area contributed by atoms with Crippen LogP contribution in [-0.2, 0) is 31.1 Å². The van der Waals surface area contributed by atoms with E-state index in [0.29, 0.717) is 0 Å². The topological polar surface area (TPSA) is 12.0 Å². The van der Waals surface area contributed by atoms with Gasteiger partial charge >= 0.3 is 0 Å². The van der Waals surface area contributed by atoms with Gasteiger partial charge in [0.05, 0.1) is 0 Å². The van der Waals surface area contributed by atoms with Gasteiger partial charge in [-0.05, 0) is 153 Å². The minimum Gasteiger partial charge on any atom is -0.356 e. The predicted octanol–water partition coefficient (Wildman–Crippen LogP) is 14.6. The van der Waals surface area contributed by atoms with E-state index in [-0.39, 0.29) is 5.41 Å². The summed E-state index contributed by atoms with van der Waals surface area (Å²) in [5.74, 6) is 0. The standard InChI is InChI=1S/C52H53N/c1-4-52(3,5-2)43-31-27-40(28-32-43)50-46-19-10-12-21-48(46)51(49-22-13-11-20-47(49)50)41-29-33-44(34-30-41)53-45-18-14-17-37(36-45)15-8-6-7-9-16-38-23-24-39-25-26-42(39)35-38/h10-14,17-24,27-36,53H,4-9,15-16,25-26H2,1-3H3. The number of hydrogen-bond acceptors (Lipinski definition) is 1. The van der Waals surface area contributed by atoms with Crippen molar-refractivity contribution in [1.82, 2.24) is 0 Å². The zero-order valence-corrected chi connectivity index (χ0v) is 31.9. The van der Waals surface area contributed by atoms with Crippen molar-refractivity contribution in [3.8, 4) is 22.3 Å². The van der Waals surface area contributed by atoms with E-state index in [9.17, 15) is 0 Å². The van der Waals surface area contributed by atoms with Crippen molar-refractivity contribution in [2.24, 2.45) is 0 Å². The van der Waals surface area contributed by atoms with Gasteiger partial charge in [0.15, 0.2) is 0 Å². The molecule has 0 atom stereocenters. The molecular weight excluding hydrogens is 639 g/mol. The molecule has 0 unspecified atom stereocenters. The van der Waals surface area contributed by atoms with Gasteiger partial charge in [0, 0.05) is 11.4 Å². The lowest BCUT2D eigenvalue weighted by molar-refractivity contribution is 0.439. The van der Waals surface area contributed by atoms with E-state index in [0.717, 1.165) is 30.6 Å². The summed E-state index contributed by atoms with van der Waals surface area (Å²) in [6.45, 7) is 6.99. The molecule has 1 heteroatoms. The van der Waals surface area contributed by atoms with Gasteiger partial charge in [0.25, 0.3) is 0 Å². The molecule has 0 spiro atoms. The number of anilines is 2. The van der Waals surface area contributed by atoms with E-state index in [1.165, 1.54) is 105 Å². The third kappa shape index (κ3) is 7.27. The van der Waals surface area contributed by atoms with Crippen LogP contribution in [0.15, 0.2) is 140 Å². The predicted molar refractivity (Wildman–Crippen MR) is 230 cm³/mol. The maximum Gasteiger partial charge on any atom is 0.0386 e. The molecule has 0 amide bonds. The molecular formula is C52H53N. The molecule has 266 valence electrons. The number of hydrogen-bond donors (Lipinski definition) is 1. The average Bonchev–Trinajstić information content (AvgIpc) is 3.19. The molecule has 0 radical (unpaired) electrons. The van der Waals surface area contributed by atoms with Crippen molar-refractivity contribution in [1.29, 1.82) is 0 Å². The van der Waals surface area contributed by atoms with Crippen molar-refractivity contribution < 1.29 is 0 Å². The molecule has 1 nitrogen and oxygen atoms in total. The molecule has 7 aromatic rings. The number of aryl methyl sites for hydroxylation is 4. The molecule has 0 fully saturated rings. The maximum absolute atomic E-state index is 3.69. The molecule has 1 aliphatic carbocycles. The molecule has 53 heavy (non-hydrogen) atoms. The molecule has 0 bridgehead atoms. The van der Waals surface area contributed by atoms with Gasteiger partial charge in [-0.2, -0.15) is 0 Å². The van der Waals surface area contributed by atoms with E-state index < -0.39 is 0 Å².